The highest BCUT2D eigenvalue weighted by Crippen LogP contribution is 2.24. The molecule has 0 bridgehead atoms. The van der Waals surface area contributed by atoms with E-state index in [-0.39, 0.29) is 17.9 Å². The molecule has 0 saturated carbocycles. The van der Waals surface area contributed by atoms with Crippen LogP contribution in [0.4, 0.5) is 5.69 Å². The van der Waals surface area contributed by atoms with Crippen LogP contribution in [0.3, 0.4) is 0 Å². The van der Waals surface area contributed by atoms with Crippen LogP contribution in [0.15, 0.2) is 24.3 Å². The Morgan fingerprint density at radius 3 is 2.39 bits per heavy atom. The Morgan fingerprint density at radius 2 is 1.94 bits per heavy atom. The van der Waals surface area contributed by atoms with Crippen LogP contribution in [0.1, 0.15) is 13.8 Å². The lowest BCUT2D eigenvalue weighted by Gasteiger charge is -2.16. The van der Waals surface area contributed by atoms with E-state index in [9.17, 15) is 4.79 Å². The zero-order valence-electron chi connectivity index (χ0n) is 10.6. The average Bonchev–Trinajstić information content (AvgIpc) is 2.65. The fourth-order valence-corrected chi connectivity index (χ4v) is 2.25. The van der Waals surface area contributed by atoms with Crippen molar-refractivity contribution in [3.8, 4) is 5.75 Å². The van der Waals surface area contributed by atoms with Crippen molar-refractivity contribution in [3.63, 3.8) is 0 Å². The molecule has 1 aromatic carbocycles. The third-order valence-electron chi connectivity index (χ3n) is 2.97. The third kappa shape index (κ3) is 2.18. The van der Waals surface area contributed by atoms with E-state index >= 15 is 0 Å². The van der Waals surface area contributed by atoms with Gasteiger partial charge in [0.25, 0.3) is 5.91 Å². The first-order valence-corrected chi connectivity index (χ1v) is 6.24. The number of thiocarbonyl (C=S) groups is 1. The number of rotatable bonds is 3. The molecule has 18 heavy (non-hydrogen) atoms. The molecule has 0 aromatic heterocycles. The van der Waals surface area contributed by atoms with E-state index in [0.717, 1.165) is 11.4 Å². The van der Waals surface area contributed by atoms with Gasteiger partial charge in [-0.25, -0.2) is 0 Å². The fourth-order valence-electron chi connectivity index (χ4n) is 1.93. The molecular formula is C13H16N2O2S. The Balaban J connectivity index is 2.27. The first kappa shape index (κ1) is 12.8. The van der Waals surface area contributed by atoms with Crippen LogP contribution in [0.2, 0.25) is 0 Å². The molecule has 1 atom stereocenters. The second kappa shape index (κ2) is 4.94. The number of nitrogens with zero attached hydrogens (tertiary/aromatic N) is 1. The highest BCUT2D eigenvalue weighted by molar-refractivity contribution is 7.80. The van der Waals surface area contributed by atoms with Gasteiger partial charge >= 0.3 is 0 Å². The highest BCUT2D eigenvalue weighted by Gasteiger charge is 2.37. The Morgan fingerprint density at radius 1 is 1.33 bits per heavy atom. The minimum atomic E-state index is -0.236. The maximum atomic E-state index is 12.3. The van der Waals surface area contributed by atoms with Crippen LogP contribution in [-0.2, 0) is 4.79 Å². The van der Waals surface area contributed by atoms with Gasteiger partial charge in [-0.05, 0) is 42.4 Å². The average molecular weight is 264 g/mol. The molecule has 1 amide bonds. The van der Waals surface area contributed by atoms with Crippen molar-refractivity contribution in [2.45, 2.75) is 19.9 Å². The lowest BCUT2D eigenvalue weighted by Crippen LogP contribution is -2.34. The summed E-state index contributed by atoms with van der Waals surface area (Å²) in [6, 6.07) is 7.04. The summed E-state index contributed by atoms with van der Waals surface area (Å²) >= 11 is 5.22. The van der Waals surface area contributed by atoms with Gasteiger partial charge in [-0.2, -0.15) is 0 Å². The molecule has 1 heterocycles. The van der Waals surface area contributed by atoms with Gasteiger partial charge in [-0.1, -0.05) is 13.8 Å². The van der Waals surface area contributed by atoms with Crippen LogP contribution in [0.5, 0.6) is 5.75 Å². The number of hydrogen-bond acceptors (Lipinski definition) is 3. The Labute approximate surface area is 112 Å². The lowest BCUT2D eigenvalue weighted by atomic mass is 10.0. The lowest BCUT2D eigenvalue weighted by molar-refractivity contribution is -0.119. The number of carbonyl (C=O) groups excluding carboxylic acids is 1. The number of carbonyl (C=O) groups is 1. The van der Waals surface area contributed by atoms with Gasteiger partial charge in [-0.15, -0.1) is 0 Å². The molecule has 2 rings (SSSR count). The first-order chi connectivity index (χ1) is 8.54. The van der Waals surface area contributed by atoms with E-state index in [0.29, 0.717) is 5.11 Å². The number of methoxy groups -OCH3 is 1. The molecule has 1 aliphatic heterocycles. The van der Waals surface area contributed by atoms with Crippen molar-refractivity contribution in [2.24, 2.45) is 5.92 Å². The summed E-state index contributed by atoms with van der Waals surface area (Å²) in [6.07, 6.45) is 0. The molecule has 1 fully saturated rings. The molecule has 5 heteroatoms. The smallest absolute Gasteiger partial charge is 0.256 e. The minimum absolute atomic E-state index is 0.000154. The van der Waals surface area contributed by atoms with Gasteiger partial charge in [0.2, 0.25) is 0 Å². The van der Waals surface area contributed by atoms with E-state index < -0.39 is 0 Å². The molecule has 96 valence electrons. The van der Waals surface area contributed by atoms with E-state index in [4.69, 9.17) is 17.0 Å². The predicted octanol–water partition coefficient (Wildman–Crippen LogP) is 1.94. The van der Waals surface area contributed by atoms with Gasteiger partial charge in [0, 0.05) is 0 Å². The van der Waals surface area contributed by atoms with Crippen molar-refractivity contribution in [2.75, 3.05) is 12.0 Å². The zero-order chi connectivity index (χ0) is 13.3. The molecule has 1 aromatic rings. The summed E-state index contributed by atoms with van der Waals surface area (Å²) in [5, 5.41) is 3.52. The van der Waals surface area contributed by atoms with Gasteiger partial charge in [-0.3, -0.25) is 9.69 Å². The number of anilines is 1. The largest absolute Gasteiger partial charge is 0.497 e. The van der Waals surface area contributed by atoms with E-state index in [1.807, 2.05) is 38.1 Å². The monoisotopic (exact) mass is 264 g/mol. The molecule has 0 aliphatic carbocycles. The number of amides is 1. The van der Waals surface area contributed by atoms with Crippen LogP contribution < -0.4 is 15.0 Å². The van der Waals surface area contributed by atoms with Crippen molar-refractivity contribution in [1.29, 1.82) is 0 Å². The van der Waals surface area contributed by atoms with E-state index in [1.54, 1.807) is 12.0 Å². The van der Waals surface area contributed by atoms with Crippen LogP contribution >= 0.6 is 12.2 Å². The Bertz CT molecular complexity index is 470. The number of nitrogens with one attached hydrogen (secondary N) is 1. The number of benzene rings is 1. The predicted molar refractivity (Wildman–Crippen MR) is 74.8 cm³/mol. The molecule has 4 nitrogen and oxygen atoms in total. The van der Waals surface area contributed by atoms with Gasteiger partial charge in [0.1, 0.15) is 11.8 Å². The van der Waals surface area contributed by atoms with Gasteiger partial charge < -0.3 is 10.1 Å². The fraction of sp³-hybridized carbons (Fsp3) is 0.385. The number of ether oxygens (including phenoxy) is 1. The standard InChI is InChI=1S/C13H16N2O2S/c1-8(2)11-12(16)15(13(18)14-11)9-4-6-10(17-3)7-5-9/h4-8,11H,1-3H3,(H,14,18)/t11-/m0/s1. The van der Waals surface area contributed by atoms with Crippen molar-refractivity contribution in [3.05, 3.63) is 24.3 Å². The molecule has 1 aliphatic rings. The maximum Gasteiger partial charge on any atom is 0.256 e. The minimum Gasteiger partial charge on any atom is -0.497 e. The summed E-state index contributed by atoms with van der Waals surface area (Å²) in [5.74, 6) is 0.962. The summed E-state index contributed by atoms with van der Waals surface area (Å²) < 4.78 is 5.09. The van der Waals surface area contributed by atoms with Crippen molar-refractivity contribution >= 4 is 28.9 Å². The van der Waals surface area contributed by atoms with Gasteiger partial charge in [0.05, 0.1) is 12.8 Å². The second-order valence-corrected chi connectivity index (χ2v) is 4.93. The molecule has 0 spiro atoms. The first-order valence-electron chi connectivity index (χ1n) is 5.83. The Hall–Kier alpha value is -1.62. The van der Waals surface area contributed by atoms with E-state index in [1.165, 1.54) is 0 Å². The molecule has 0 unspecified atom stereocenters. The van der Waals surface area contributed by atoms with Gasteiger partial charge in [0.15, 0.2) is 5.11 Å². The maximum absolute atomic E-state index is 12.3. The molecule has 1 saturated heterocycles. The summed E-state index contributed by atoms with van der Waals surface area (Å²) in [5.41, 5.74) is 0.765. The highest BCUT2D eigenvalue weighted by atomic mass is 32.1. The van der Waals surface area contributed by atoms with E-state index in [2.05, 4.69) is 5.32 Å². The summed E-state index contributed by atoms with van der Waals surface area (Å²) in [4.78, 5) is 13.8. The zero-order valence-corrected chi connectivity index (χ0v) is 11.5. The Kier molecular flexibility index (Phi) is 3.52. The summed E-state index contributed by atoms with van der Waals surface area (Å²) in [7, 11) is 1.61. The van der Waals surface area contributed by atoms with Crippen molar-refractivity contribution in [1.82, 2.24) is 5.32 Å². The number of hydrogen-bond donors (Lipinski definition) is 1. The molecule has 1 N–H and O–H groups in total. The third-order valence-corrected chi connectivity index (χ3v) is 3.27. The quantitative estimate of drug-likeness (QED) is 0.847. The SMILES string of the molecule is COc1ccc(N2C(=O)[C@H](C(C)C)NC2=S)cc1. The van der Waals surface area contributed by atoms with Crippen LogP contribution in [0, 0.1) is 5.92 Å². The molecular weight excluding hydrogens is 248 g/mol. The van der Waals surface area contributed by atoms with Crippen LogP contribution in [-0.4, -0.2) is 24.2 Å². The normalized spacial score (nSPS) is 19.3. The van der Waals surface area contributed by atoms with Crippen LogP contribution in [0.25, 0.3) is 0 Å². The molecule has 0 radical (unpaired) electrons. The van der Waals surface area contributed by atoms with Crippen molar-refractivity contribution < 1.29 is 9.53 Å². The topological polar surface area (TPSA) is 41.6 Å². The summed E-state index contributed by atoms with van der Waals surface area (Å²) in [6.45, 7) is 3.99. The second-order valence-electron chi connectivity index (χ2n) is 4.54.